The second-order valence-electron chi connectivity index (χ2n) is 3.37. The number of hydrogen-bond acceptors (Lipinski definition) is 3. The Balaban J connectivity index is 1.90. The van der Waals surface area contributed by atoms with Crippen LogP contribution in [0.25, 0.3) is 0 Å². The first-order valence-corrected chi connectivity index (χ1v) is 6.04. The van der Waals surface area contributed by atoms with Crippen molar-refractivity contribution in [2.24, 2.45) is 5.73 Å². The average Bonchev–Trinajstić information content (AvgIpc) is 2.84. The topological polar surface area (TPSA) is 39.2 Å². The summed E-state index contributed by atoms with van der Waals surface area (Å²) in [6, 6.07) is 7.66. The maximum Gasteiger partial charge on any atom is 0.193 e. The van der Waals surface area contributed by atoms with Crippen LogP contribution in [0, 0.1) is 0 Å². The minimum absolute atomic E-state index is 0.0698. The van der Waals surface area contributed by atoms with Crippen molar-refractivity contribution in [2.45, 2.75) is 18.9 Å². The summed E-state index contributed by atoms with van der Waals surface area (Å²) in [4.78, 5) is 1.35. The molecule has 0 aliphatic carbocycles. The molecule has 2 rings (SSSR count). The van der Waals surface area contributed by atoms with Gasteiger partial charge in [0.2, 0.25) is 0 Å². The molecular formula is C11H12ClNOS. The van der Waals surface area contributed by atoms with Crippen LogP contribution in [-0.2, 0) is 6.42 Å². The van der Waals surface area contributed by atoms with E-state index in [1.54, 1.807) is 17.4 Å². The van der Waals surface area contributed by atoms with Gasteiger partial charge >= 0.3 is 0 Å². The minimum Gasteiger partial charge on any atom is -0.448 e. The van der Waals surface area contributed by atoms with E-state index in [0.717, 1.165) is 18.6 Å². The molecule has 80 valence electrons. The number of thiophene rings is 1. The molecule has 2 aromatic heterocycles. The van der Waals surface area contributed by atoms with E-state index in [1.807, 2.05) is 6.07 Å². The van der Waals surface area contributed by atoms with Gasteiger partial charge in [0, 0.05) is 4.88 Å². The lowest BCUT2D eigenvalue weighted by atomic mass is 10.1. The summed E-state index contributed by atoms with van der Waals surface area (Å²) in [6.07, 6.45) is 1.86. The van der Waals surface area contributed by atoms with Crippen LogP contribution in [0.2, 0.25) is 5.22 Å². The highest BCUT2D eigenvalue weighted by Gasteiger charge is 2.10. The van der Waals surface area contributed by atoms with Crippen LogP contribution in [0.3, 0.4) is 0 Å². The summed E-state index contributed by atoms with van der Waals surface area (Å²) in [5, 5.41) is 2.47. The fourth-order valence-corrected chi connectivity index (χ4v) is 2.30. The van der Waals surface area contributed by atoms with Gasteiger partial charge in [0.05, 0.1) is 6.04 Å². The van der Waals surface area contributed by atoms with Crippen molar-refractivity contribution in [1.82, 2.24) is 0 Å². The van der Waals surface area contributed by atoms with Crippen LogP contribution in [-0.4, -0.2) is 0 Å². The summed E-state index contributed by atoms with van der Waals surface area (Å²) in [5.41, 5.74) is 5.98. The Labute approximate surface area is 97.7 Å². The zero-order valence-electron chi connectivity index (χ0n) is 8.15. The third kappa shape index (κ3) is 2.84. The molecule has 2 nitrogen and oxygen atoms in total. The molecule has 2 aromatic rings. The summed E-state index contributed by atoms with van der Waals surface area (Å²) < 4.78 is 5.26. The molecule has 0 bridgehead atoms. The van der Waals surface area contributed by atoms with Crippen molar-refractivity contribution >= 4 is 22.9 Å². The van der Waals surface area contributed by atoms with Crippen molar-refractivity contribution < 1.29 is 4.42 Å². The average molecular weight is 242 g/mol. The van der Waals surface area contributed by atoms with Gasteiger partial charge in [-0.15, -0.1) is 11.3 Å². The molecule has 1 unspecified atom stereocenters. The van der Waals surface area contributed by atoms with E-state index in [4.69, 9.17) is 21.8 Å². The van der Waals surface area contributed by atoms with E-state index in [2.05, 4.69) is 17.5 Å². The largest absolute Gasteiger partial charge is 0.448 e. The van der Waals surface area contributed by atoms with Crippen molar-refractivity contribution in [2.75, 3.05) is 0 Å². The van der Waals surface area contributed by atoms with Crippen LogP contribution in [0.5, 0.6) is 0 Å². The number of halogens is 1. The maximum absolute atomic E-state index is 5.98. The lowest BCUT2D eigenvalue weighted by molar-refractivity contribution is 0.454. The van der Waals surface area contributed by atoms with Crippen LogP contribution in [0.4, 0.5) is 0 Å². The van der Waals surface area contributed by atoms with E-state index >= 15 is 0 Å². The SMILES string of the molecule is NC(CCc1cccs1)c1ccc(Cl)o1. The fraction of sp³-hybridized carbons (Fsp3) is 0.273. The van der Waals surface area contributed by atoms with Gasteiger partial charge in [0.1, 0.15) is 5.76 Å². The normalized spacial score (nSPS) is 12.9. The Bertz CT molecular complexity index is 410. The Hall–Kier alpha value is -0.770. The molecule has 0 aliphatic heterocycles. The van der Waals surface area contributed by atoms with Crippen molar-refractivity contribution in [3.63, 3.8) is 0 Å². The van der Waals surface area contributed by atoms with Crippen LogP contribution < -0.4 is 5.73 Å². The molecule has 2 heterocycles. The summed E-state index contributed by atoms with van der Waals surface area (Å²) in [6.45, 7) is 0. The van der Waals surface area contributed by atoms with Gasteiger partial charge in [0.15, 0.2) is 5.22 Å². The number of rotatable bonds is 4. The Morgan fingerprint density at radius 3 is 2.87 bits per heavy atom. The first-order chi connectivity index (χ1) is 7.25. The first kappa shape index (κ1) is 10.7. The molecule has 0 aromatic carbocycles. The number of nitrogens with two attached hydrogens (primary N) is 1. The first-order valence-electron chi connectivity index (χ1n) is 4.79. The highest BCUT2D eigenvalue weighted by atomic mass is 35.5. The molecule has 2 N–H and O–H groups in total. The molecule has 0 amide bonds. The van der Waals surface area contributed by atoms with E-state index in [-0.39, 0.29) is 6.04 Å². The Morgan fingerprint density at radius 2 is 2.27 bits per heavy atom. The molecule has 0 saturated carbocycles. The third-order valence-electron chi connectivity index (χ3n) is 2.24. The lowest BCUT2D eigenvalue weighted by Crippen LogP contribution is -2.09. The summed E-state index contributed by atoms with van der Waals surface area (Å²) >= 11 is 7.44. The highest BCUT2D eigenvalue weighted by molar-refractivity contribution is 7.09. The second kappa shape index (κ2) is 4.84. The lowest BCUT2D eigenvalue weighted by Gasteiger charge is -2.06. The molecular weight excluding hydrogens is 230 g/mol. The predicted molar refractivity (Wildman–Crippen MR) is 63.3 cm³/mol. The smallest absolute Gasteiger partial charge is 0.193 e. The van der Waals surface area contributed by atoms with Crippen LogP contribution >= 0.6 is 22.9 Å². The molecule has 4 heteroatoms. The van der Waals surface area contributed by atoms with Gasteiger partial charge in [-0.05, 0) is 48.0 Å². The van der Waals surface area contributed by atoms with Gasteiger partial charge in [-0.1, -0.05) is 6.07 Å². The molecule has 0 spiro atoms. The van der Waals surface area contributed by atoms with Crippen molar-refractivity contribution in [3.05, 3.63) is 45.5 Å². The number of aryl methyl sites for hydroxylation is 1. The molecule has 15 heavy (non-hydrogen) atoms. The van der Waals surface area contributed by atoms with Gasteiger partial charge < -0.3 is 10.2 Å². The second-order valence-corrected chi connectivity index (χ2v) is 4.77. The van der Waals surface area contributed by atoms with Crippen LogP contribution in [0.1, 0.15) is 23.1 Å². The van der Waals surface area contributed by atoms with E-state index in [0.29, 0.717) is 5.22 Å². The molecule has 0 radical (unpaired) electrons. The Kier molecular flexibility index (Phi) is 3.46. The van der Waals surface area contributed by atoms with Gasteiger partial charge in [-0.25, -0.2) is 0 Å². The molecule has 1 atom stereocenters. The van der Waals surface area contributed by atoms with E-state index in [1.165, 1.54) is 4.88 Å². The molecule has 0 aliphatic rings. The predicted octanol–water partition coefficient (Wildman–Crippen LogP) is 3.63. The standard InChI is InChI=1S/C11H12ClNOS/c12-11-6-5-10(14-11)9(13)4-3-8-2-1-7-15-8/h1-2,5-7,9H,3-4,13H2. The van der Waals surface area contributed by atoms with Crippen molar-refractivity contribution in [1.29, 1.82) is 0 Å². The minimum atomic E-state index is -0.0698. The zero-order chi connectivity index (χ0) is 10.7. The van der Waals surface area contributed by atoms with Gasteiger partial charge in [-0.3, -0.25) is 0 Å². The summed E-state index contributed by atoms with van der Waals surface area (Å²) in [5.74, 6) is 0.761. The monoisotopic (exact) mass is 241 g/mol. The molecule has 0 saturated heterocycles. The number of furan rings is 1. The molecule has 0 fully saturated rings. The highest BCUT2D eigenvalue weighted by Crippen LogP contribution is 2.22. The Morgan fingerprint density at radius 1 is 1.40 bits per heavy atom. The fourth-order valence-electron chi connectivity index (χ4n) is 1.42. The zero-order valence-corrected chi connectivity index (χ0v) is 9.72. The van der Waals surface area contributed by atoms with Gasteiger partial charge in [-0.2, -0.15) is 0 Å². The van der Waals surface area contributed by atoms with Gasteiger partial charge in [0.25, 0.3) is 0 Å². The number of hydrogen-bond donors (Lipinski definition) is 1. The van der Waals surface area contributed by atoms with Crippen LogP contribution in [0.15, 0.2) is 34.1 Å². The van der Waals surface area contributed by atoms with E-state index in [9.17, 15) is 0 Å². The maximum atomic E-state index is 5.98. The van der Waals surface area contributed by atoms with Crippen molar-refractivity contribution in [3.8, 4) is 0 Å². The quantitative estimate of drug-likeness (QED) is 0.888. The third-order valence-corrected chi connectivity index (χ3v) is 3.38. The summed E-state index contributed by atoms with van der Waals surface area (Å²) in [7, 11) is 0. The van der Waals surface area contributed by atoms with E-state index < -0.39 is 0 Å².